The largest absolute Gasteiger partial charge is 0.390 e. The molecule has 0 saturated heterocycles. The number of ketones is 2. The van der Waals surface area contributed by atoms with Gasteiger partial charge >= 0.3 is 0 Å². The number of carbonyl (C=O) groups excluding carboxylic acids is 2. The van der Waals surface area contributed by atoms with Crippen LogP contribution < -0.4 is 15.1 Å². The zero-order valence-electron chi connectivity index (χ0n) is 21.0. The van der Waals surface area contributed by atoms with Crippen LogP contribution >= 0.6 is 0 Å². The molecule has 196 valence electrons. The Morgan fingerprint density at radius 1 is 1.03 bits per heavy atom. The zero-order chi connectivity index (χ0) is 26.5. The minimum Gasteiger partial charge on any atom is -0.390 e. The minimum absolute atomic E-state index is 0.0254. The molecule has 2 aromatic carbocycles. The number of hydrogen-bond acceptors (Lipinski definition) is 8. The number of carbonyl (C=O) groups is 2. The molecular weight excluding hydrogens is 482 g/mol. The van der Waals surface area contributed by atoms with Gasteiger partial charge in [0.2, 0.25) is 0 Å². The Kier molecular flexibility index (Phi) is 8.76. The van der Waals surface area contributed by atoms with E-state index in [2.05, 4.69) is 5.32 Å². The molecule has 9 nitrogen and oxygen atoms in total. The summed E-state index contributed by atoms with van der Waals surface area (Å²) in [6.07, 6.45) is -0.921. The van der Waals surface area contributed by atoms with Crippen LogP contribution in [0, 0.1) is 6.92 Å². The van der Waals surface area contributed by atoms with Gasteiger partial charge in [-0.2, -0.15) is 8.42 Å². The molecule has 0 aliphatic heterocycles. The molecule has 3 N–H and O–H groups in total. The molecule has 0 amide bonds. The van der Waals surface area contributed by atoms with Gasteiger partial charge in [0.05, 0.1) is 24.0 Å². The van der Waals surface area contributed by atoms with Crippen molar-refractivity contribution in [3.8, 4) is 0 Å². The first-order chi connectivity index (χ1) is 17.0. The second-order valence-electron chi connectivity index (χ2n) is 9.10. The summed E-state index contributed by atoms with van der Waals surface area (Å²) in [5.41, 5.74) is 1.81. The lowest BCUT2D eigenvalue weighted by molar-refractivity contribution is -0.128. The van der Waals surface area contributed by atoms with Crippen LogP contribution in [0.25, 0.3) is 0 Å². The molecule has 1 aliphatic carbocycles. The Hall–Kier alpha value is -2.95. The third kappa shape index (κ3) is 6.05. The number of aryl methyl sites for hydroxylation is 1. The molecule has 0 aromatic heterocycles. The van der Waals surface area contributed by atoms with Crippen molar-refractivity contribution in [1.82, 2.24) is 0 Å². The second kappa shape index (κ2) is 11.4. The average molecular weight is 518 g/mol. The highest BCUT2D eigenvalue weighted by molar-refractivity contribution is 7.85. The van der Waals surface area contributed by atoms with Gasteiger partial charge in [-0.3, -0.25) is 14.1 Å². The number of likely N-dealkylation sites (N-methyl/N-ethyl adjacent to an activating group) is 2. The predicted molar refractivity (Wildman–Crippen MR) is 141 cm³/mol. The van der Waals surface area contributed by atoms with E-state index in [1.54, 1.807) is 4.90 Å². The molecule has 10 heteroatoms. The molecule has 36 heavy (non-hydrogen) atoms. The number of hydrogen-bond donors (Lipinski definition) is 3. The summed E-state index contributed by atoms with van der Waals surface area (Å²) in [5.74, 6) is -1.03. The van der Waals surface area contributed by atoms with Crippen LogP contribution in [0.1, 0.15) is 32.3 Å². The van der Waals surface area contributed by atoms with Gasteiger partial charge in [-0.1, -0.05) is 24.3 Å². The highest BCUT2D eigenvalue weighted by atomic mass is 32.2. The highest BCUT2D eigenvalue weighted by Crippen LogP contribution is 2.35. The summed E-state index contributed by atoms with van der Waals surface area (Å²) < 4.78 is 31.5. The molecule has 3 rings (SSSR count). The van der Waals surface area contributed by atoms with Gasteiger partial charge < -0.3 is 20.2 Å². The SMILES string of the molecule is CCN(CC(O)CS(=O)(=O)O)c1ccccc1NCC1(N(CC)c2cccc(C)c2)C(=O)CCC1=O. The number of aliphatic hydroxyl groups excluding tert-OH is 1. The van der Waals surface area contributed by atoms with Crippen molar-refractivity contribution >= 4 is 38.7 Å². The van der Waals surface area contributed by atoms with E-state index in [1.165, 1.54) is 0 Å². The lowest BCUT2D eigenvalue weighted by atomic mass is 9.91. The summed E-state index contributed by atoms with van der Waals surface area (Å²) >= 11 is 0. The van der Waals surface area contributed by atoms with E-state index in [0.717, 1.165) is 11.3 Å². The molecule has 0 spiro atoms. The molecule has 0 radical (unpaired) electrons. The Morgan fingerprint density at radius 2 is 1.69 bits per heavy atom. The van der Waals surface area contributed by atoms with Crippen molar-refractivity contribution in [1.29, 1.82) is 0 Å². The van der Waals surface area contributed by atoms with Gasteiger partial charge in [0.25, 0.3) is 10.1 Å². The third-order valence-electron chi connectivity index (χ3n) is 6.59. The average Bonchev–Trinajstić information content (AvgIpc) is 3.10. The molecule has 2 aromatic rings. The van der Waals surface area contributed by atoms with Crippen molar-refractivity contribution < 1.29 is 27.7 Å². The molecule has 1 unspecified atom stereocenters. The standard InChI is InChI=1S/C26H35N3O6S/c1-4-28(16-21(30)17-36(33,34)35)23-12-7-6-11-22(23)27-18-26(24(31)13-14-25(26)32)29(5-2)20-10-8-9-19(3)15-20/h6-12,15,21,27,30H,4-5,13-14,16-18H2,1-3H3,(H,33,34,35). The Balaban J connectivity index is 1.92. The summed E-state index contributed by atoms with van der Waals surface area (Å²) in [6.45, 7) is 6.71. The maximum Gasteiger partial charge on any atom is 0.267 e. The molecule has 0 heterocycles. The maximum atomic E-state index is 13.3. The van der Waals surface area contributed by atoms with Gasteiger partial charge in [0.1, 0.15) is 5.75 Å². The van der Waals surface area contributed by atoms with Crippen LogP contribution in [0.5, 0.6) is 0 Å². The number of aliphatic hydroxyl groups is 1. The fourth-order valence-electron chi connectivity index (χ4n) is 4.93. The minimum atomic E-state index is -4.33. The van der Waals surface area contributed by atoms with E-state index < -0.39 is 27.5 Å². The van der Waals surface area contributed by atoms with Crippen molar-refractivity contribution in [2.75, 3.05) is 47.0 Å². The summed E-state index contributed by atoms with van der Waals surface area (Å²) in [7, 11) is -4.33. The first-order valence-electron chi connectivity index (χ1n) is 12.1. The van der Waals surface area contributed by atoms with Crippen molar-refractivity contribution in [2.24, 2.45) is 0 Å². The van der Waals surface area contributed by atoms with Crippen LogP contribution in [-0.4, -0.2) is 73.2 Å². The van der Waals surface area contributed by atoms with Crippen molar-refractivity contribution in [3.05, 3.63) is 54.1 Å². The van der Waals surface area contributed by atoms with E-state index in [-0.39, 0.29) is 37.5 Å². The zero-order valence-corrected chi connectivity index (χ0v) is 21.8. The van der Waals surface area contributed by atoms with Gasteiger partial charge in [-0.25, -0.2) is 0 Å². The summed E-state index contributed by atoms with van der Waals surface area (Å²) in [6, 6.07) is 15.0. The number of para-hydroxylation sites is 2. The van der Waals surface area contributed by atoms with Crippen molar-refractivity contribution in [3.63, 3.8) is 0 Å². The first kappa shape index (κ1) is 27.6. The molecule has 1 saturated carbocycles. The first-order valence-corrected chi connectivity index (χ1v) is 13.7. The Labute approximate surface area is 212 Å². The van der Waals surface area contributed by atoms with Crippen LogP contribution in [0.4, 0.5) is 17.1 Å². The van der Waals surface area contributed by atoms with Crippen LogP contribution in [0.2, 0.25) is 0 Å². The lowest BCUT2D eigenvalue weighted by Gasteiger charge is -2.40. The van der Waals surface area contributed by atoms with E-state index >= 15 is 0 Å². The number of anilines is 3. The quantitative estimate of drug-likeness (QED) is 0.288. The number of nitrogens with one attached hydrogen (secondary N) is 1. The summed E-state index contributed by atoms with van der Waals surface area (Å²) in [5, 5.41) is 13.5. The van der Waals surface area contributed by atoms with Crippen LogP contribution in [0.15, 0.2) is 48.5 Å². The number of benzene rings is 2. The number of rotatable bonds is 12. The molecule has 0 bridgehead atoms. The van der Waals surface area contributed by atoms with Gasteiger partial charge in [0.15, 0.2) is 17.1 Å². The monoisotopic (exact) mass is 517 g/mol. The number of Topliss-reactive ketones (excluding diaryl/α,β-unsaturated/α-hetero) is 2. The molecule has 1 atom stereocenters. The lowest BCUT2D eigenvalue weighted by Crippen LogP contribution is -2.61. The van der Waals surface area contributed by atoms with E-state index in [4.69, 9.17) is 4.55 Å². The molecule has 1 fully saturated rings. The Morgan fingerprint density at radius 3 is 2.28 bits per heavy atom. The van der Waals surface area contributed by atoms with Crippen LogP contribution in [0.3, 0.4) is 0 Å². The smallest absolute Gasteiger partial charge is 0.267 e. The fourth-order valence-corrected chi connectivity index (χ4v) is 5.52. The Bertz CT molecular complexity index is 1180. The molecular formula is C26H35N3O6S. The maximum absolute atomic E-state index is 13.3. The molecule has 1 aliphatic rings. The normalized spacial score (nSPS) is 16.1. The van der Waals surface area contributed by atoms with E-state index in [9.17, 15) is 23.1 Å². The topological polar surface area (TPSA) is 127 Å². The summed E-state index contributed by atoms with van der Waals surface area (Å²) in [4.78, 5) is 30.3. The van der Waals surface area contributed by atoms with Gasteiger partial charge in [-0.05, 0) is 50.6 Å². The fraction of sp³-hybridized carbons (Fsp3) is 0.462. The van der Waals surface area contributed by atoms with E-state index in [1.807, 2.05) is 74.2 Å². The second-order valence-corrected chi connectivity index (χ2v) is 10.6. The van der Waals surface area contributed by atoms with Gasteiger partial charge in [0, 0.05) is 38.2 Å². The van der Waals surface area contributed by atoms with E-state index in [0.29, 0.717) is 24.5 Å². The highest BCUT2D eigenvalue weighted by Gasteiger charge is 2.53. The van der Waals surface area contributed by atoms with Crippen LogP contribution in [-0.2, 0) is 19.7 Å². The predicted octanol–water partition coefficient (Wildman–Crippen LogP) is 2.68. The third-order valence-corrected chi connectivity index (χ3v) is 7.39. The van der Waals surface area contributed by atoms with Gasteiger partial charge in [-0.15, -0.1) is 0 Å². The van der Waals surface area contributed by atoms with Crippen molar-refractivity contribution in [2.45, 2.75) is 45.3 Å². The number of nitrogens with zero attached hydrogens (tertiary/aromatic N) is 2.